The van der Waals surface area contributed by atoms with Crippen molar-refractivity contribution < 1.29 is 9.53 Å². The SMILES string of the molecule is CCOCCn1c(=NC(=O)c2cc(C)ccc2C)sc2cc(C)cc(C)c21. The van der Waals surface area contributed by atoms with Crippen LogP contribution in [0.3, 0.4) is 0 Å². The van der Waals surface area contributed by atoms with Crippen LogP contribution in [0.25, 0.3) is 10.2 Å². The fraction of sp³-hybridized carbons (Fsp3) is 0.364. The molecule has 1 amide bonds. The Bertz CT molecular complexity index is 1060. The van der Waals surface area contributed by atoms with Gasteiger partial charge in [-0.05, 0) is 63.4 Å². The van der Waals surface area contributed by atoms with Crippen LogP contribution in [0.4, 0.5) is 0 Å². The molecule has 142 valence electrons. The van der Waals surface area contributed by atoms with E-state index in [9.17, 15) is 4.79 Å². The average Bonchev–Trinajstić information content (AvgIpc) is 2.94. The number of amides is 1. The van der Waals surface area contributed by atoms with E-state index in [2.05, 4.69) is 35.5 Å². The van der Waals surface area contributed by atoms with E-state index >= 15 is 0 Å². The van der Waals surface area contributed by atoms with Gasteiger partial charge in [0.15, 0.2) is 4.80 Å². The summed E-state index contributed by atoms with van der Waals surface area (Å²) in [6.45, 7) is 12.1. The summed E-state index contributed by atoms with van der Waals surface area (Å²) in [6.07, 6.45) is 0. The zero-order chi connectivity index (χ0) is 19.6. The van der Waals surface area contributed by atoms with Crippen molar-refractivity contribution in [3.05, 3.63) is 63.0 Å². The van der Waals surface area contributed by atoms with Crippen LogP contribution >= 0.6 is 11.3 Å². The molecule has 0 unspecified atom stereocenters. The minimum absolute atomic E-state index is 0.192. The van der Waals surface area contributed by atoms with Crippen molar-refractivity contribution in [1.29, 1.82) is 0 Å². The number of thiazole rings is 1. The van der Waals surface area contributed by atoms with Gasteiger partial charge in [0.1, 0.15) is 0 Å². The molecule has 2 aromatic carbocycles. The third-order valence-corrected chi connectivity index (χ3v) is 5.62. The number of carbonyl (C=O) groups excluding carboxylic acids is 1. The molecule has 0 spiro atoms. The van der Waals surface area contributed by atoms with Gasteiger partial charge in [-0.3, -0.25) is 4.79 Å². The van der Waals surface area contributed by atoms with E-state index in [1.54, 1.807) is 11.3 Å². The molecular formula is C22H26N2O2S. The third kappa shape index (κ3) is 4.20. The highest BCUT2D eigenvalue weighted by Crippen LogP contribution is 2.23. The minimum Gasteiger partial charge on any atom is -0.380 e. The van der Waals surface area contributed by atoms with Gasteiger partial charge in [-0.25, -0.2) is 0 Å². The van der Waals surface area contributed by atoms with Gasteiger partial charge in [-0.1, -0.05) is 35.1 Å². The Balaban J connectivity index is 2.15. The molecule has 27 heavy (non-hydrogen) atoms. The van der Waals surface area contributed by atoms with Gasteiger partial charge >= 0.3 is 0 Å². The van der Waals surface area contributed by atoms with Crippen molar-refractivity contribution in [2.75, 3.05) is 13.2 Å². The van der Waals surface area contributed by atoms with Gasteiger partial charge in [-0.15, -0.1) is 0 Å². The van der Waals surface area contributed by atoms with Crippen LogP contribution in [0.15, 0.2) is 35.3 Å². The Hall–Kier alpha value is -2.24. The average molecular weight is 383 g/mol. The molecule has 0 aliphatic carbocycles. The predicted octanol–water partition coefficient (Wildman–Crippen LogP) is 4.71. The van der Waals surface area contributed by atoms with Crippen molar-refractivity contribution in [3.8, 4) is 0 Å². The van der Waals surface area contributed by atoms with Crippen molar-refractivity contribution in [3.63, 3.8) is 0 Å². The van der Waals surface area contributed by atoms with Crippen molar-refractivity contribution in [2.24, 2.45) is 4.99 Å². The van der Waals surface area contributed by atoms with Gasteiger partial charge in [0.25, 0.3) is 5.91 Å². The van der Waals surface area contributed by atoms with E-state index in [4.69, 9.17) is 4.74 Å². The zero-order valence-electron chi connectivity index (χ0n) is 16.6. The van der Waals surface area contributed by atoms with E-state index in [1.165, 1.54) is 11.1 Å². The lowest BCUT2D eigenvalue weighted by molar-refractivity contribution is 0.0996. The van der Waals surface area contributed by atoms with E-state index in [0.29, 0.717) is 25.3 Å². The first-order valence-corrected chi connectivity index (χ1v) is 10.1. The molecular weight excluding hydrogens is 356 g/mol. The van der Waals surface area contributed by atoms with Crippen LogP contribution < -0.4 is 4.80 Å². The summed E-state index contributed by atoms with van der Waals surface area (Å²) >= 11 is 1.56. The topological polar surface area (TPSA) is 43.6 Å². The molecule has 0 saturated carbocycles. The Labute approximate surface area is 164 Å². The standard InChI is InChI=1S/C22H26N2O2S/c1-6-26-10-9-24-20-17(5)11-15(3)13-19(20)27-22(24)23-21(25)18-12-14(2)7-8-16(18)4/h7-8,11-13H,6,9-10H2,1-5H3. The summed E-state index contributed by atoms with van der Waals surface area (Å²) in [5, 5.41) is 0. The molecule has 1 aromatic heterocycles. The molecule has 0 atom stereocenters. The van der Waals surface area contributed by atoms with Gasteiger partial charge in [0, 0.05) is 18.7 Å². The summed E-state index contributed by atoms with van der Waals surface area (Å²) in [5.41, 5.74) is 6.22. The highest BCUT2D eigenvalue weighted by atomic mass is 32.1. The lowest BCUT2D eigenvalue weighted by atomic mass is 10.1. The maximum absolute atomic E-state index is 12.9. The van der Waals surface area contributed by atoms with Crippen LogP contribution in [-0.4, -0.2) is 23.7 Å². The second-order valence-corrected chi connectivity index (χ2v) is 7.91. The molecule has 1 heterocycles. The van der Waals surface area contributed by atoms with E-state index in [1.807, 2.05) is 39.0 Å². The van der Waals surface area contributed by atoms with E-state index in [0.717, 1.165) is 26.1 Å². The highest BCUT2D eigenvalue weighted by Gasteiger charge is 2.13. The molecule has 0 saturated heterocycles. The maximum Gasteiger partial charge on any atom is 0.279 e. The first-order chi connectivity index (χ1) is 12.9. The molecule has 0 aliphatic rings. The van der Waals surface area contributed by atoms with Crippen LogP contribution in [-0.2, 0) is 11.3 Å². The monoisotopic (exact) mass is 382 g/mol. The summed E-state index contributed by atoms with van der Waals surface area (Å²) in [6, 6.07) is 10.2. The van der Waals surface area contributed by atoms with Crippen molar-refractivity contribution in [1.82, 2.24) is 4.57 Å². The van der Waals surface area contributed by atoms with Crippen LogP contribution in [0.2, 0.25) is 0 Å². The molecule has 0 N–H and O–H groups in total. The molecule has 0 aliphatic heterocycles. The molecule has 0 fully saturated rings. The highest BCUT2D eigenvalue weighted by molar-refractivity contribution is 7.16. The second-order valence-electron chi connectivity index (χ2n) is 6.90. The lowest BCUT2D eigenvalue weighted by Crippen LogP contribution is -2.20. The number of hydrogen-bond donors (Lipinski definition) is 0. The summed E-state index contributed by atoms with van der Waals surface area (Å²) in [5.74, 6) is -0.192. The number of fused-ring (bicyclic) bond motifs is 1. The Morgan fingerprint density at radius 2 is 1.85 bits per heavy atom. The molecule has 3 aromatic rings. The number of nitrogens with zero attached hydrogens (tertiary/aromatic N) is 2. The van der Waals surface area contributed by atoms with Crippen LogP contribution in [0.5, 0.6) is 0 Å². The fourth-order valence-electron chi connectivity index (χ4n) is 3.30. The number of rotatable bonds is 5. The largest absolute Gasteiger partial charge is 0.380 e. The van der Waals surface area contributed by atoms with Crippen molar-refractivity contribution >= 4 is 27.5 Å². The first kappa shape index (κ1) is 19.5. The second kappa shape index (κ2) is 8.19. The van der Waals surface area contributed by atoms with E-state index < -0.39 is 0 Å². The maximum atomic E-state index is 12.9. The Kier molecular flexibility index (Phi) is 5.92. The molecule has 0 radical (unpaired) electrons. The van der Waals surface area contributed by atoms with Gasteiger partial charge in [0.2, 0.25) is 0 Å². The number of ether oxygens (including phenoxy) is 1. The number of aryl methyl sites for hydroxylation is 4. The summed E-state index contributed by atoms with van der Waals surface area (Å²) < 4.78 is 8.82. The molecule has 5 heteroatoms. The fourth-order valence-corrected chi connectivity index (χ4v) is 4.53. The van der Waals surface area contributed by atoms with E-state index in [-0.39, 0.29) is 5.91 Å². The Morgan fingerprint density at radius 1 is 1.07 bits per heavy atom. The number of benzene rings is 2. The van der Waals surface area contributed by atoms with Crippen molar-refractivity contribution in [2.45, 2.75) is 41.2 Å². The van der Waals surface area contributed by atoms with Gasteiger partial charge in [-0.2, -0.15) is 4.99 Å². The predicted molar refractivity (Wildman–Crippen MR) is 112 cm³/mol. The molecule has 3 rings (SSSR count). The summed E-state index contributed by atoms with van der Waals surface area (Å²) in [7, 11) is 0. The normalized spacial score (nSPS) is 12.1. The smallest absolute Gasteiger partial charge is 0.279 e. The van der Waals surface area contributed by atoms with Crippen LogP contribution in [0, 0.1) is 27.7 Å². The number of hydrogen-bond acceptors (Lipinski definition) is 3. The minimum atomic E-state index is -0.192. The summed E-state index contributed by atoms with van der Waals surface area (Å²) in [4.78, 5) is 18.1. The molecule has 4 nitrogen and oxygen atoms in total. The Morgan fingerprint density at radius 3 is 2.59 bits per heavy atom. The quantitative estimate of drug-likeness (QED) is 0.600. The lowest BCUT2D eigenvalue weighted by Gasteiger charge is -2.08. The van der Waals surface area contributed by atoms with Gasteiger partial charge in [0.05, 0.1) is 16.8 Å². The number of aromatic nitrogens is 1. The molecule has 0 bridgehead atoms. The van der Waals surface area contributed by atoms with Crippen LogP contribution in [0.1, 0.15) is 39.5 Å². The first-order valence-electron chi connectivity index (χ1n) is 9.25. The van der Waals surface area contributed by atoms with Gasteiger partial charge < -0.3 is 9.30 Å². The third-order valence-electron chi connectivity index (χ3n) is 4.60. The zero-order valence-corrected chi connectivity index (χ0v) is 17.4. The number of carbonyl (C=O) groups is 1.